The predicted octanol–water partition coefficient (Wildman–Crippen LogP) is 2.06. The van der Waals surface area contributed by atoms with Gasteiger partial charge in [-0.3, -0.25) is 9.78 Å². The van der Waals surface area contributed by atoms with Crippen molar-refractivity contribution in [1.29, 1.82) is 0 Å². The Hall–Kier alpha value is -3.86. The molecule has 33 heavy (non-hydrogen) atoms. The molecular formula is C22H25N7O4. The van der Waals surface area contributed by atoms with E-state index in [1.54, 1.807) is 46.9 Å². The van der Waals surface area contributed by atoms with Crippen LogP contribution in [0.2, 0.25) is 0 Å². The van der Waals surface area contributed by atoms with Gasteiger partial charge in [-0.05, 0) is 49.6 Å². The fourth-order valence-corrected chi connectivity index (χ4v) is 3.58. The Morgan fingerprint density at radius 3 is 2.94 bits per heavy atom. The molecule has 0 spiro atoms. The lowest BCUT2D eigenvalue weighted by Crippen LogP contribution is -2.36. The summed E-state index contributed by atoms with van der Waals surface area (Å²) in [4.78, 5) is 35.3. The summed E-state index contributed by atoms with van der Waals surface area (Å²) in [7, 11) is 0. The van der Waals surface area contributed by atoms with Crippen LogP contribution in [0, 0.1) is 0 Å². The third-order valence-corrected chi connectivity index (χ3v) is 5.39. The average Bonchev–Trinajstić information content (AvgIpc) is 3.33. The Morgan fingerprint density at radius 1 is 1.30 bits per heavy atom. The fraction of sp³-hybridized carbons (Fsp3) is 0.364. The lowest BCUT2D eigenvalue weighted by molar-refractivity contribution is 0.102. The van der Waals surface area contributed by atoms with Crippen LogP contribution in [-0.4, -0.2) is 66.5 Å². The van der Waals surface area contributed by atoms with Crippen LogP contribution < -0.4 is 5.32 Å². The molecule has 2 N–H and O–H groups in total. The number of carbonyl (C=O) groups excluding carboxylic acids is 2. The molecule has 1 aliphatic heterocycles. The van der Waals surface area contributed by atoms with E-state index < -0.39 is 5.91 Å². The first-order valence-corrected chi connectivity index (χ1v) is 10.7. The number of aliphatic hydroxyl groups is 1. The van der Waals surface area contributed by atoms with Gasteiger partial charge in [-0.2, -0.15) is 0 Å². The first kappa shape index (κ1) is 22.3. The fourth-order valence-electron chi connectivity index (χ4n) is 3.58. The maximum absolute atomic E-state index is 12.9. The van der Waals surface area contributed by atoms with E-state index in [4.69, 9.17) is 4.74 Å². The van der Waals surface area contributed by atoms with Crippen LogP contribution in [-0.2, 0) is 17.7 Å². The Balaban J connectivity index is 1.51. The van der Waals surface area contributed by atoms with Crippen molar-refractivity contribution < 1.29 is 19.4 Å². The zero-order valence-corrected chi connectivity index (χ0v) is 18.4. The Labute approximate surface area is 190 Å². The lowest BCUT2D eigenvalue weighted by atomic mass is 10.0. The van der Waals surface area contributed by atoms with Crippen LogP contribution in [0.3, 0.4) is 0 Å². The third kappa shape index (κ3) is 4.82. The van der Waals surface area contributed by atoms with E-state index in [-0.39, 0.29) is 24.4 Å². The van der Waals surface area contributed by atoms with E-state index in [0.717, 1.165) is 11.1 Å². The normalized spacial score (nSPS) is 13.8. The van der Waals surface area contributed by atoms with Crippen LogP contribution in [0.1, 0.15) is 41.5 Å². The molecule has 3 aromatic rings. The summed E-state index contributed by atoms with van der Waals surface area (Å²) in [5.74, 6) is 0.399. The number of hydrogen-bond acceptors (Lipinski definition) is 8. The first-order valence-electron chi connectivity index (χ1n) is 10.7. The minimum absolute atomic E-state index is 0.0704. The quantitative estimate of drug-likeness (QED) is 0.581. The number of anilines is 1. The van der Waals surface area contributed by atoms with Crippen molar-refractivity contribution in [2.45, 2.75) is 32.9 Å². The van der Waals surface area contributed by atoms with Crippen LogP contribution >= 0.6 is 0 Å². The van der Waals surface area contributed by atoms with E-state index in [9.17, 15) is 14.7 Å². The van der Waals surface area contributed by atoms with Gasteiger partial charge in [0, 0.05) is 19.3 Å². The van der Waals surface area contributed by atoms with Gasteiger partial charge in [-0.25, -0.2) is 9.78 Å². The van der Waals surface area contributed by atoms with Crippen LogP contribution in [0.5, 0.6) is 0 Å². The molecule has 4 rings (SSSR count). The second-order valence-corrected chi connectivity index (χ2v) is 7.66. The van der Waals surface area contributed by atoms with Crippen molar-refractivity contribution in [1.82, 2.24) is 29.6 Å². The van der Waals surface area contributed by atoms with Gasteiger partial charge < -0.3 is 24.6 Å². The molecule has 1 atom stereocenters. The van der Waals surface area contributed by atoms with Crippen molar-refractivity contribution >= 4 is 17.8 Å². The second kappa shape index (κ2) is 9.74. The minimum Gasteiger partial charge on any atom is -0.450 e. The summed E-state index contributed by atoms with van der Waals surface area (Å²) in [6.45, 7) is 4.76. The molecule has 0 aromatic carbocycles. The number of aliphatic hydroxyl groups excluding tert-OH is 1. The molecule has 4 heterocycles. The highest BCUT2D eigenvalue weighted by molar-refractivity contribution is 6.02. The number of fused-ring (bicyclic) bond motifs is 1. The maximum atomic E-state index is 12.9. The van der Waals surface area contributed by atoms with E-state index in [0.29, 0.717) is 43.5 Å². The summed E-state index contributed by atoms with van der Waals surface area (Å²) in [6, 6.07) is 6.64. The molecule has 11 nitrogen and oxygen atoms in total. The molecule has 2 amide bonds. The summed E-state index contributed by atoms with van der Waals surface area (Å²) in [5.41, 5.74) is 2.60. The SMILES string of the molecule is CCOC(=O)N1CCc2cnc(C(=O)Nc3cccc(-c4nncn4[C@H](C)CO)n3)cc2C1. The molecule has 0 saturated heterocycles. The number of nitrogens with zero attached hydrogens (tertiary/aromatic N) is 6. The topological polar surface area (TPSA) is 135 Å². The molecule has 0 radical (unpaired) electrons. The smallest absolute Gasteiger partial charge is 0.410 e. The van der Waals surface area contributed by atoms with Gasteiger partial charge in [0.05, 0.1) is 19.3 Å². The molecule has 3 aromatic heterocycles. The molecule has 0 aliphatic carbocycles. The highest BCUT2D eigenvalue weighted by Gasteiger charge is 2.23. The molecule has 0 bridgehead atoms. The van der Waals surface area contributed by atoms with Crippen molar-refractivity contribution in [3.63, 3.8) is 0 Å². The zero-order valence-electron chi connectivity index (χ0n) is 18.4. The number of carbonyl (C=O) groups is 2. The van der Waals surface area contributed by atoms with Crippen molar-refractivity contribution in [3.8, 4) is 11.5 Å². The van der Waals surface area contributed by atoms with E-state index >= 15 is 0 Å². The Bertz CT molecular complexity index is 1160. The van der Waals surface area contributed by atoms with Gasteiger partial charge in [0.1, 0.15) is 23.5 Å². The molecule has 11 heteroatoms. The van der Waals surface area contributed by atoms with Gasteiger partial charge in [0.2, 0.25) is 0 Å². The molecule has 0 saturated carbocycles. The van der Waals surface area contributed by atoms with Crippen LogP contribution in [0.25, 0.3) is 11.5 Å². The van der Waals surface area contributed by atoms with Gasteiger partial charge in [0.25, 0.3) is 5.91 Å². The largest absolute Gasteiger partial charge is 0.450 e. The molecule has 1 aliphatic rings. The van der Waals surface area contributed by atoms with Gasteiger partial charge >= 0.3 is 6.09 Å². The standard InChI is InChI=1S/C22H25N7O4/c1-3-33-22(32)28-8-7-15-10-23-18(9-16(15)11-28)21(31)26-19-6-4-5-17(25-19)20-27-24-13-29(20)14(2)12-30/h4-6,9-10,13-14,30H,3,7-8,11-12H2,1-2H3,(H,25,26,31)/t14-/m1/s1. The zero-order chi connectivity index (χ0) is 23.4. The van der Waals surface area contributed by atoms with Crippen LogP contribution in [0.4, 0.5) is 10.6 Å². The van der Waals surface area contributed by atoms with Gasteiger partial charge in [-0.15, -0.1) is 10.2 Å². The number of hydrogen-bond donors (Lipinski definition) is 2. The Morgan fingerprint density at radius 2 is 2.15 bits per heavy atom. The summed E-state index contributed by atoms with van der Waals surface area (Å²) in [6.07, 6.45) is 3.49. The van der Waals surface area contributed by atoms with Gasteiger partial charge in [-0.1, -0.05) is 6.07 Å². The minimum atomic E-state index is -0.416. The second-order valence-electron chi connectivity index (χ2n) is 7.66. The van der Waals surface area contributed by atoms with E-state index in [1.807, 2.05) is 6.92 Å². The van der Waals surface area contributed by atoms with E-state index in [1.165, 1.54) is 6.33 Å². The van der Waals surface area contributed by atoms with Crippen molar-refractivity contribution in [3.05, 3.63) is 53.6 Å². The predicted molar refractivity (Wildman–Crippen MR) is 118 cm³/mol. The van der Waals surface area contributed by atoms with Crippen LogP contribution in [0.15, 0.2) is 36.8 Å². The average molecular weight is 451 g/mol. The number of amides is 2. The number of pyridine rings is 2. The first-order chi connectivity index (χ1) is 16.0. The highest BCUT2D eigenvalue weighted by atomic mass is 16.6. The van der Waals surface area contributed by atoms with Gasteiger partial charge in [0.15, 0.2) is 5.82 Å². The third-order valence-electron chi connectivity index (χ3n) is 5.39. The molecule has 172 valence electrons. The number of rotatable bonds is 6. The van der Waals surface area contributed by atoms with E-state index in [2.05, 4.69) is 25.5 Å². The summed E-state index contributed by atoms with van der Waals surface area (Å²) in [5, 5.41) is 20.2. The number of aromatic nitrogens is 5. The summed E-state index contributed by atoms with van der Waals surface area (Å²) < 4.78 is 6.80. The van der Waals surface area contributed by atoms with Crippen molar-refractivity contribution in [2.24, 2.45) is 0 Å². The molecule has 0 fully saturated rings. The Kier molecular flexibility index (Phi) is 6.59. The number of ether oxygens (including phenoxy) is 1. The molecule has 0 unspecified atom stereocenters. The monoisotopic (exact) mass is 451 g/mol. The molecular weight excluding hydrogens is 426 g/mol. The lowest BCUT2D eigenvalue weighted by Gasteiger charge is -2.28. The maximum Gasteiger partial charge on any atom is 0.410 e. The summed E-state index contributed by atoms with van der Waals surface area (Å²) >= 11 is 0. The van der Waals surface area contributed by atoms with Crippen molar-refractivity contribution in [2.75, 3.05) is 25.1 Å². The number of nitrogens with one attached hydrogen (secondary N) is 1. The highest BCUT2D eigenvalue weighted by Crippen LogP contribution is 2.22.